The Hall–Kier alpha value is -1.91. The fourth-order valence-corrected chi connectivity index (χ4v) is 1.51. The molecule has 0 radical (unpaired) electrons. The molecule has 0 aromatic carbocycles. The summed E-state index contributed by atoms with van der Waals surface area (Å²) in [4.78, 5) is 26.9. The van der Waals surface area contributed by atoms with Gasteiger partial charge in [0.05, 0.1) is 0 Å². The molecular weight excluding hydrogens is 244 g/mol. The summed E-state index contributed by atoms with van der Waals surface area (Å²) >= 11 is 0. The minimum absolute atomic E-state index is 0.0952. The van der Waals surface area contributed by atoms with E-state index in [4.69, 9.17) is 4.74 Å². The van der Waals surface area contributed by atoms with Crippen LogP contribution in [0.25, 0.3) is 0 Å². The van der Waals surface area contributed by atoms with E-state index in [2.05, 4.69) is 10.3 Å². The number of alkyl carbamates (subject to hydrolysis) is 1. The van der Waals surface area contributed by atoms with Gasteiger partial charge in [-0.2, -0.15) is 0 Å². The van der Waals surface area contributed by atoms with E-state index in [1.165, 1.54) is 6.92 Å². The molecule has 1 heterocycles. The van der Waals surface area contributed by atoms with E-state index in [0.29, 0.717) is 12.2 Å². The van der Waals surface area contributed by atoms with Crippen molar-refractivity contribution in [1.29, 1.82) is 0 Å². The molecule has 0 aliphatic rings. The van der Waals surface area contributed by atoms with Crippen LogP contribution >= 0.6 is 0 Å². The number of aryl methyl sites for hydroxylation is 1. The monoisotopic (exact) mass is 264 g/mol. The molecule has 0 fully saturated rings. The predicted octanol–water partition coefficient (Wildman–Crippen LogP) is 2.62. The van der Waals surface area contributed by atoms with E-state index in [-0.39, 0.29) is 5.78 Å². The van der Waals surface area contributed by atoms with E-state index < -0.39 is 11.7 Å². The third-order valence-corrected chi connectivity index (χ3v) is 2.21. The highest BCUT2D eigenvalue weighted by atomic mass is 16.6. The standard InChI is InChI=1S/C14H20N2O3/c1-9-6-11(7-12(16-9)10(2)17)8-15-13(18)19-14(3,4)5/h6-7H,8H2,1-5H3,(H,15,18). The Balaban J connectivity index is 2.68. The first-order valence-electron chi connectivity index (χ1n) is 6.13. The average molecular weight is 264 g/mol. The maximum Gasteiger partial charge on any atom is 0.407 e. The van der Waals surface area contributed by atoms with Gasteiger partial charge in [0.25, 0.3) is 0 Å². The van der Waals surface area contributed by atoms with Crippen molar-refractivity contribution in [3.8, 4) is 0 Å². The molecule has 1 aromatic heterocycles. The molecule has 19 heavy (non-hydrogen) atoms. The van der Waals surface area contributed by atoms with E-state index in [9.17, 15) is 9.59 Å². The summed E-state index contributed by atoms with van der Waals surface area (Å²) < 4.78 is 5.13. The Morgan fingerprint density at radius 1 is 1.32 bits per heavy atom. The number of hydrogen-bond acceptors (Lipinski definition) is 4. The number of nitrogens with zero attached hydrogens (tertiary/aromatic N) is 1. The number of carbonyl (C=O) groups is 2. The fourth-order valence-electron chi connectivity index (χ4n) is 1.51. The van der Waals surface area contributed by atoms with Gasteiger partial charge in [0, 0.05) is 19.2 Å². The normalized spacial score (nSPS) is 11.0. The number of ether oxygens (including phenoxy) is 1. The molecule has 0 aliphatic carbocycles. The van der Waals surface area contributed by atoms with Gasteiger partial charge >= 0.3 is 6.09 Å². The SMILES string of the molecule is CC(=O)c1cc(CNC(=O)OC(C)(C)C)cc(C)n1. The van der Waals surface area contributed by atoms with Gasteiger partial charge in [0.2, 0.25) is 0 Å². The van der Waals surface area contributed by atoms with Gasteiger partial charge in [-0.1, -0.05) is 0 Å². The van der Waals surface area contributed by atoms with Gasteiger partial charge in [-0.15, -0.1) is 0 Å². The van der Waals surface area contributed by atoms with Gasteiger partial charge in [-0.05, 0) is 45.4 Å². The molecule has 0 atom stereocenters. The van der Waals surface area contributed by atoms with Crippen LogP contribution in [0.2, 0.25) is 0 Å². The highest BCUT2D eigenvalue weighted by Crippen LogP contribution is 2.09. The molecule has 1 N–H and O–H groups in total. The molecule has 0 spiro atoms. The van der Waals surface area contributed by atoms with E-state index in [0.717, 1.165) is 11.3 Å². The number of Topliss-reactive ketones (excluding diaryl/α,β-unsaturated/α-hetero) is 1. The zero-order chi connectivity index (χ0) is 14.6. The minimum atomic E-state index is -0.525. The van der Waals surface area contributed by atoms with Crippen LogP contribution in [0.1, 0.15) is 49.4 Å². The Morgan fingerprint density at radius 3 is 2.47 bits per heavy atom. The van der Waals surface area contributed by atoms with Crippen molar-refractivity contribution in [3.05, 3.63) is 29.1 Å². The number of rotatable bonds is 3. The number of amides is 1. The van der Waals surface area contributed by atoms with Crippen LogP contribution in [0.15, 0.2) is 12.1 Å². The van der Waals surface area contributed by atoms with Gasteiger partial charge in [-0.25, -0.2) is 4.79 Å². The van der Waals surface area contributed by atoms with Crippen molar-refractivity contribution < 1.29 is 14.3 Å². The molecule has 5 nitrogen and oxygen atoms in total. The summed E-state index contributed by atoms with van der Waals surface area (Å²) in [5, 5.41) is 2.65. The number of aromatic nitrogens is 1. The topological polar surface area (TPSA) is 68.3 Å². The van der Waals surface area contributed by atoms with Crippen LogP contribution in [-0.4, -0.2) is 22.5 Å². The first kappa shape index (κ1) is 15.1. The molecule has 1 aromatic rings. The van der Waals surface area contributed by atoms with Gasteiger partial charge in [0.15, 0.2) is 5.78 Å². The van der Waals surface area contributed by atoms with E-state index in [1.807, 2.05) is 13.0 Å². The van der Waals surface area contributed by atoms with Crippen molar-refractivity contribution in [2.75, 3.05) is 0 Å². The summed E-state index contributed by atoms with van der Waals surface area (Å²) in [6.07, 6.45) is -0.480. The zero-order valence-electron chi connectivity index (χ0n) is 12.0. The second-order valence-electron chi connectivity index (χ2n) is 5.41. The minimum Gasteiger partial charge on any atom is -0.444 e. The number of ketones is 1. The van der Waals surface area contributed by atoms with Gasteiger partial charge in [-0.3, -0.25) is 9.78 Å². The molecule has 104 valence electrons. The van der Waals surface area contributed by atoms with Crippen molar-refractivity contribution in [1.82, 2.24) is 10.3 Å². The summed E-state index contributed by atoms with van der Waals surface area (Å²) in [7, 11) is 0. The molecule has 0 unspecified atom stereocenters. The number of carbonyl (C=O) groups excluding carboxylic acids is 2. The molecular formula is C14H20N2O3. The van der Waals surface area contributed by atoms with Crippen LogP contribution in [0, 0.1) is 6.92 Å². The molecule has 0 bridgehead atoms. The molecule has 0 saturated heterocycles. The van der Waals surface area contributed by atoms with E-state index >= 15 is 0 Å². The number of nitrogens with one attached hydrogen (secondary N) is 1. The first-order chi connectivity index (χ1) is 8.67. The third kappa shape index (κ3) is 5.50. The Labute approximate surface area is 113 Å². The lowest BCUT2D eigenvalue weighted by Gasteiger charge is -2.19. The maximum absolute atomic E-state index is 11.5. The highest BCUT2D eigenvalue weighted by Gasteiger charge is 2.15. The molecule has 1 amide bonds. The smallest absolute Gasteiger partial charge is 0.407 e. The largest absolute Gasteiger partial charge is 0.444 e. The quantitative estimate of drug-likeness (QED) is 0.852. The predicted molar refractivity (Wildman–Crippen MR) is 72.1 cm³/mol. The lowest BCUT2D eigenvalue weighted by atomic mass is 10.1. The van der Waals surface area contributed by atoms with Gasteiger partial charge in [0.1, 0.15) is 11.3 Å². The average Bonchev–Trinajstić information content (AvgIpc) is 2.23. The summed E-state index contributed by atoms with van der Waals surface area (Å²) in [5.74, 6) is -0.0952. The van der Waals surface area contributed by atoms with Crippen LogP contribution < -0.4 is 5.32 Å². The van der Waals surface area contributed by atoms with Crippen LogP contribution in [0.4, 0.5) is 4.79 Å². The van der Waals surface area contributed by atoms with Crippen molar-refractivity contribution in [2.24, 2.45) is 0 Å². The van der Waals surface area contributed by atoms with Crippen LogP contribution in [0.5, 0.6) is 0 Å². The summed E-state index contributed by atoms with van der Waals surface area (Å²) in [6.45, 7) is 8.99. The maximum atomic E-state index is 11.5. The lowest BCUT2D eigenvalue weighted by molar-refractivity contribution is 0.0523. The number of pyridine rings is 1. The van der Waals surface area contributed by atoms with Crippen molar-refractivity contribution in [2.45, 2.75) is 46.8 Å². The Kier molecular flexibility index (Phi) is 4.64. The second kappa shape index (κ2) is 5.82. The van der Waals surface area contributed by atoms with Crippen molar-refractivity contribution in [3.63, 3.8) is 0 Å². The molecule has 0 aliphatic heterocycles. The Morgan fingerprint density at radius 2 is 1.95 bits per heavy atom. The highest BCUT2D eigenvalue weighted by molar-refractivity contribution is 5.92. The summed E-state index contributed by atoms with van der Waals surface area (Å²) in [6, 6.07) is 3.50. The molecule has 1 rings (SSSR count). The zero-order valence-corrected chi connectivity index (χ0v) is 12.0. The third-order valence-electron chi connectivity index (χ3n) is 2.21. The van der Waals surface area contributed by atoms with Crippen molar-refractivity contribution >= 4 is 11.9 Å². The second-order valence-corrected chi connectivity index (χ2v) is 5.41. The van der Waals surface area contributed by atoms with E-state index in [1.54, 1.807) is 26.8 Å². The Bertz CT molecular complexity index is 490. The molecule has 0 saturated carbocycles. The lowest BCUT2D eigenvalue weighted by Crippen LogP contribution is -2.32. The van der Waals surface area contributed by atoms with Crippen LogP contribution in [0.3, 0.4) is 0 Å². The number of hydrogen-bond donors (Lipinski definition) is 1. The van der Waals surface area contributed by atoms with Crippen LogP contribution in [-0.2, 0) is 11.3 Å². The molecule has 5 heteroatoms. The first-order valence-corrected chi connectivity index (χ1v) is 6.13. The van der Waals surface area contributed by atoms with Gasteiger partial charge < -0.3 is 10.1 Å². The summed E-state index contributed by atoms with van der Waals surface area (Å²) in [5.41, 5.74) is 1.45. The fraction of sp³-hybridized carbons (Fsp3) is 0.500.